The van der Waals surface area contributed by atoms with Crippen LogP contribution in [0, 0.1) is 0 Å². The Hall–Kier alpha value is -4.54. The molecule has 0 fully saturated rings. The minimum absolute atomic E-state index is 0.101. The molecule has 3 aromatic carbocycles. The maximum atomic E-state index is 13.8. The van der Waals surface area contributed by atoms with Gasteiger partial charge in [0, 0.05) is 40.6 Å². The number of nitrogens with one attached hydrogen (secondary N) is 4. The van der Waals surface area contributed by atoms with Gasteiger partial charge in [-0.3, -0.25) is 9.59 Å². The molecule has 0 aliphatic heterocycles. The molecule has 0 aliphatic carbocycles. The second-order valence-electron chi connectivity index (χ2n) is 10.7. The fraction of sp³-hybridized carbons (Fsp3) is 0.265. The van der Waals surface area contributed by atoms with Crippen molar-refractivity contribution in [3.8, 4) is 0 Å². The van der Waals surface area contributed by atoms with Gasteiger partial charge in [0.25, 0.3) is 0 Å². The quantitative estimate of drug-likeness (QED) is 0.119. The normalized spacial score (nSPS) is 13.3. The van der Waals surface area contributed by atoms with E-state index in [-0.39, 0.29) is 13.0 Å². The summed E-state index contributed by atoms with van der Waals surface area (Å²) in [5.41, 5.74) is 10.9. The molecular weight excluding hydrogens is 574 g/mol. The highest BCUT2D eigenvalue weighted by atomic mass is 32.2. The standard InChI is InChI=1S/C34H37N5O4S/c1-44-16-15-30(34(42)43-21-22-9-3-2-4-10-22)38-33(41)31(18-24-20-37-29-14-8-6-12-26(24)29)39-32(40)27(35)17-23-19-36-28-13-7-5-11-25(23)28/h2-14,19-20,27,30-31,36-37H,15-18,21,35H2,1H3,(H,38,41)(H,39,40)/t27-,30-,31-/m0/s1. The lowest BCUT2D eigenvalue weighted by Crippen LogP contribution is -2.55. The Morgan fingerprint density at radius 2 is 1.34 bits per heavy atom. The van der Waals surface area contributed by atoms with Crippen LogP contribution in [0.4, 0.5) is 0 Å². The van der Waals surface area contributed by atoms with E-state index in [2.05, 4.69) is 20.6 Å². The molecule has 0 aliphatic rings. The van der Waals surface area contributed by atoms with Crippen molar-refractivity contribution in [2.45, 2.75) is 44.0 Å². The molecule has 0 bridgehead atoms. The minimum Gasteiger partial charge on any atom is -0.459 e. The first kappa shape index (κ1) is 30.9. The largest absolute Gasteiger partial charge is 0.459 e. The zero-order chi connectivity index (χ0) is 30.9. The Balaban J connectivity index is 1.32. The third-order valence-electron chi connectivity index (χ3n) is 7.62. The highest BCUT2D eigenvalue weighted by Crippen LogP contribution is 2.21. The van der Waals surface area contributed by atoms with E-state index in [0.717, 1.165) is 38.5 Å². The summed E-state index contributed by atoms with van der Waals surface area (Å²) in [5.74, 6) is -0.821. The van der Waals surface area contributed by atoms with Crippen molar-refractivity contribution in [2.75, 3.05) is 12.0 Å². The van der Waals surface area contributed by atoms with Crippen LogP contribution in [-0.2, 0) is 38.6 Å². The van der Waals surface area contributed by atoms with E-state index in [9.17, 15) is 14.4 Å². The van der Waals surface area contributed by atoms with Crippen molar-refractivity contribution in [1.29, 1.82) is 0 Å². The highest BCUT2D eigenvalue weighted by Gasteiger charge is 2.30. The van der Waals surface area contributed by atoms with Gasteiger partial charge in [-0.2, -0.15) is 11.8 Å². The van der Waals surface area contributed by atoms with Crippen molar-refractivity contribution < 1.29 is 19.1 Å². The molecule has 0 saturated heterocycles. The number of para-hydroxylation sites is 2. The Labute approximate surface area is 260 Å². The van der Waals surface area contributed by atoms with Gasteiger partial charge < -0.3 is 31.1 Å². The summed E-state index contributed by atoms with van der Waals surface area (Å²) >= 11 is 1.57. The van der Waals surface area contributed by atoms with E-state index >= 15 is 0 Å². The van der Waals surface area contributed by atoms with Crippen molar-refractivity contribution in [3.05, 3.63) is 108 Å². The molecule has 2 heterocycles. The first-order valence-corrected chi connectivity index (χ1v) is 16.0. The van der Waals surface area contributed by atoms with Gasteiger partial charge in [0.1, 0.15) is 18.7 Å². The van der Waals surface area contributed by atoms with Crippen LogP contribution in [0.3, 0.4) is 0 Å². The Bertz CT molecular complexity index is 1720. The number of aromatic nitrogens is 2. The van der Waals surface area contributed by atoms with E-state index in [0.29, 0.717) is 18.6 Å². The predicted molar refractivity (Wildman–Crippen MR) is 175 cm³/mol. The predicted octanol–water partition coefficient (Wildman–Crippen LogP) is 4.23. The second kappa shape index (κ2) is 14.8. The lowest BCUT2D eigenvalue weighted by molar-refractivity contribution is -0.149. The van der Waals surface area contributed by atoms with E-state index in [1.54, 1.807) is 11.8 Å². The van der Waals surface area contributed by atoms with E-state index < -0.39 is 35.9 Å². The summed E-state index contributed by atoms with van der Waals surface area (Å²) in [4.78, 5) is 46.8. The van der Waals surface area contributed by atoms with Crippen LogP contribution in [-0.4, -0.2) is 57.9 Å². The van der Waals surface area contributed by atoms with Crippen LogP contribution in [0.15, 0.2) is 91.3 Å². The minimum atomic E-state index is -0.977. The molecule has 0 radical (unpaired) electrons. The molecule has 5 rings (SSSR count). The average molecular weight is 612 g/mol. The molecule has 0 unspecified atom stereocenters. The molecule has 44 heavy (non-hydrogen) atoms. The molecule has 2 amide bonds. The third kappa shape index (κ3) is 7.69. The maximum absolute atomic E-state index is 13.8. The molecule has 0 spiro atoms. The topological polar surface area (TPSA) is 142 Å². The number of hydrogen-bond acceptors (Lipinski definition) is 6. The number of esters is 1. The molecule has 2 aromatic heterocycles. The van der Waals surface area contributed by atoms with Crippen molar-refractivity contribution >= 4 is 51.4 Å². The SMILES string of the molecule is CSCC[C@H](NC(=O)[C@H](Cc1c[nH]c2ccccc12)NC(=O)[C@@H](N)Cc1c[nH]c2ccccc12)C(=O)OCc1ccccc1. The second-order valence-corrected chi connectivity index (χ2v) is 11.7. The van der Waals surface area contributed by atoms with Crippen LogP contribution >= 0.6 is 11.8 Å². The number of amides is 2. The number of carbonyl (C=O) groups excluding carboxylic acids is 3. The van der Waals surface area contributed by atoms with Gasteiger partial charge in [0.15, 0.2) is 0 Å². The summed E-state index contributed by atoms with van der Waals surface area (Å²) in [7, 11) is 0. The number of thioether (sulfide) groups is 1. The van der Waals surface area contributed by atoms with Crippen molar-refractivity contribution in [3.63, 3.8) is 0 Å². The number of hydrogen-bond donors (Lipinski definition) is 5. The van der Waals surface area contributed by atoms with Crippen LogP contribution in [0.5, 0.6) is 0 Å². The van der Waals surface area contributed by atoms with Crippen LogP contribution in [0.25, 0.3) is 21.8 Å². The summed E-state index contributed by atoms with van der Waals surface area (Å²) in [5, 5.41) is 7.69. The number of H-pyrrole nitrogens is 2. The zero-order valence-electron chi connectivity index (χ0n) is 24.5. The Morgan fingerprint density at radius 1 is 0.773 bits per heavy atom. The van der Waals surface area contributed by atoms with Gasteiger partial charge in [-0.15, -0.1) is 0 Å². The van der Waals surface area contributed by atoms with Gasteiger partial charge in [-0.05, 0) is 53.7 Å². The summed E-state index contributed by atoms with van der Waals surface area (Å²) < 4.78 is 5.57. The maximum Gasteiger partial charge on any atom is 0.329 e. The molecular formula is C34H37N5O4S. The molecule has 3 atom stereocenters. The van der Waals surface area contributed by atoms with Gasteiger partial charge in [-0.25, -0.2) is 4.79 Å². The number of fused-ring (bicyclic) bond motifs is 2. The Morgan fingerprint density at radius 3 is 1.98 bits per heavy atom. The van der Waals surface area contributed by atoms with E-state index in [1.807, 2.05) is 97.5 Å². The third-order valence-corrected chi connectivity index (χ3v) is 8.26. The zero-order valence-corrected chi connectivity index (χ0v) is 25.4. The molecule has 9 nitrogen and oxygen atoms in total. The van der Waals surface area contributed by atoms with Crippen molar-refractivity contribution in [1.82, 2.24) is 20.6 Å². The van der Waals surface area contributed by atoms with Crippen LogP contribution in [0.1, 0.15) is 23.1 Å². The van der Waals surface area contributed by atoms with Crippen LogP contribution in [0.2, 0.25) is 0 Å². The number of carbonyl (C=O) groups is 3. The summed E-state index contributed by atoms with van der Waals surface area (Å²) in [6.45, 7) is 0.101. The summed E-state index contributed by atoms with van der Waals surface area (Å²) in [6, 6.07) is 22.2. The lowest BCUT2D eigenvalue weighted by atomic mass is 10.0. The smallest absolute Gasteiger partial charge is 0.329 e. The molecule has 5 aromatic rings. The van der Waals surface area contributed by atoms with Gasteiger partial charge in [0.2, 0.25) is 11.8 Å². The molecule has 0 saturated carbocycles. The summed E-state index contributed by atoms with van der Waals surface area (Å²) in [6.07, 6.45) is 6.50. The van der Waals surface area contributed by atoms with E-state index in [1.165, 1.54) is 0 Å². The highest BCUT2D eigenvalue weighted by molar-refractivity contribution is 7.98. The first-order valence-electron chi connectivity index (χ1n) is 14.6. The van der Waals surface area contributed by atoms with Crippen molar-refractivity contribution in [2.24, 2.45) is 5.73 Å². The number of aromatic amines is 2. The monoisotopic (exact) mass is 611 g/mol. The first-order chi connectivity index (χ1) is 21.4. The van der Waals surface area contributed by atoms with Gasteiger partial charge in [-0.1, -0.05) is 66.7 Å². The average Bonchev–Trinajstić information content (AvgIpc) is 3.65. The van der Waals surface area contributed by atoms with E-state index in [4.69, 9.17) is 10.5 Å². The fourth-order valence-electron chi connectivity index (χ4n) is 5.22. The fourth-order valence-corrected chi connectivity index (χ4v) is 5.70. The van der Waals surface area contributed by atoms with Gasteiger partial charge in [0.05, 0.1) is 6.04 Å². The molecule has 228 valence electrons. The number of ether oxygens (including phenoxy) is 1. The number of rotatable bonds is 14. The van der Waals surface area contributed by atoms with Crippen LogP contribution < -0.4 is 16.4 Å². The van der Waals surface area contributed by atoms with Gasteiger partial charge >= 0.3 is 5.97 Å². The Kier molecular flexibility index (Phi) is 10.4. The molecule has 10 heteroatoms. The number of benzene rings is 3. The number of nitrogens with two attached hydrogens (primary N) is 1. The molecule has 6 N–H and O–H groups in total. The lowest BCUT2D eigenvalue weighted by Gasteiger charge is -2.24.